The molecule has 6 nitrogen and oxygen atoms in total. The number of amides is 1. The summed E-state index contributed by atoms with van der Waals surface area (Å²) in [4.78, 5) is 28.7. The molecule has 0 radical (unpaired) electrons. The third-order valence-corrected chi connectivity index (χ3v) is 6.65. The molecular weight excluding hydrogens is 366 g/mol. The van der Waals surface area contributed by atoms with E-state index in [2.05, 4.69) is 17.2 Å². The Kier molecular flexibility index (Phi) is 5.19. The van der Waals surface area contributed by atoms with E-state index < -0.39 is 5.41 Å². The van der Waals surface area contributed by atoms with Gasteiger partial charge in [-0.1, -0.05) is 30.3 Å². The molecule has 0 saturated carbocycles. The van der Waals surface area contributed by atoms with Crippen molar-refractivity contribution in [3.63, 3.8) is 0 Å². The summed E-state index contributed by atoms with van der Waals surface area (Å²) >= 11 is 0. The molecule has 2 saturated heterocycles. The number of esters is 1. The normalized spacial score (nSPS) is 25.4. The maximum atomic E-state index is 13.5. The lowest BCUT2D eigenvalue weighted by Gasteiger charge is -2.35. The summed E-state index contributed by atoms with van der Waals surface area (Å²) in [7, 11) is 0. The van der Waals surface area contributed by atoms with Crippen molar-refractivity contribution in [1.29, 1.82) is 0 Å². The number of carbonyl (C=O) groups is 2. The first-order chi connectivity index (χ1) is 14.0. The van der Waals surface area contributed by atoms with Gasteiger partial charge in [-0.05, 0) is 52.0 Å². The van der Waals surface area contributed by atoms with Gasteiger partial charge in [0, 0.05) is 24.3 Å². The minimum atomic E-state index is -0.676. The van der Waals surface area contributed by atoms with Crippen LogP contribution in [0.25, 0.3) is 0 Å². The second-order valence-electron chi connectivity index (χ2n) is 8.16. The van der Waals surface area contributed by atoms with Crippen molar-refractivity contribution >= 4 is 11.9 Å². The molecule has 1 aromatic heterocycles. The van der Waals surface area contributed by atoms with Gasteiger partial charge >= 0.3 is 5.97 Å². The zero-order chi connectivity index (χ0) is 20.6. The highest BCUT2D eigenvalue weighted by atomic mass is 16.5. The van der Waals surface area contributed by atoms with E-state index in [9.17, 15) is 9.59 Å². The summed E-state index contributed by atoms with van der Waals surface area (Å²) in [6, 6.07) is 10.0. The minimum absolute atomic E-state index is 0.00562. The maximum Gasteiger partial charge on any atom is 0.314 e. The van der Waals surface area contributed by atoms with Crippen LogP contribution in [0.1, 0.15) is 54.7 Å². The molecule has 3 atom stereocenters. The third-order valence-electron chi connectivity index (χ3n) is 6.65. The van der Waals surface area contributed by atoms with Gasteiger partial charge in [-0.15, -0.1) is 0 Å². The Morgan fingerprint density at radius 3 is 2.62 bits per heavy atom. The van der Waals surface area contributed by atoms with E-state index in [1.54, 1.807) is 6.20 Å². The van der Waals surface area contributed by atoms with Crippen LogP contribution in [-0.2, 0) is 22.5 Å². The van der Waals surface area contributed by atoms with E-state index >= 15 is 0 Å². The second kappa shape index (κ2) is 7.65. The van der Waals surface area contributed by atoms with Gasteiger partial charge in [-0.3, -0.25) is 14.3 Å². The van der Waals surface area contributed by atoms with Crippen LogP contribution in [0.5, 0.6) is 0 Å². The largest absolute Gasteiger partial charge is 0.465 e. The van der Waals surface area contributed by atoms with E-state index in [0.717, 1.165) is 30.6 Å². The van der Waals surface area contributed by atoms with E-state index in [-0.39, 0.29) is 24.0 Å². The lowest BCUT2D eigenvalue weighted by atomic mass is 9.70. The van der Waals surface area contributed by atoms with Crippen molar-refractivity contribution in [2.75, 3.05) is 6.61 Å². The van der Waals surface area contributed by atoms with Crippen LogP contribution in [0, 0.1) is 12.3 Å². The smallest absolute Gasteiger partial charge is 0.314 e. The average molecular weight is 396 g/mol. The number of nitrogens with zero attached hydrogens (tertiary/aromatic N) is 3. The molecule has 2 aliphatic heterocycles. The first-order valence-electron chi connectivity index (χ1n) is 10.6. The number of hydrogen-bond acceptors (Lipinski definition) is 4. The molecule has 0 unspecified atom stereocenters. The number of rotatable bonds is 6. The zero-order valence-corrected chi connectivity index (χ0v) is 17.4. The summed E-state index contributed by atoms with van der Waals surface area (Å²) in [5.74, 6) is -0.177. The van der Waals surface area contributed by atoms with Crippen molar-refractivity contribution in [3.05, 3.63) is 53.3 Å². The number of ether oxygens (including phenoxy) is 1. The highest BCUT2D eigenvalue weighted by Crippen LogP contribution is 2.52. The van der Waals surface area contributed by atoms with Crippen LogP contribution in [0.3, 0.4) is 0 Å². The number of aromatic nitrogens is 2. The lowest BCUT2D eigenvalue weighted by molar-refractivity contribution is -0.157. The molecule has 154 valence electrons. The van der Waals surface area contributed by atoms with E-state index in [4.69, 9.17) is 4.74 Å². The van der Waals surface area contributed by atoms with Crippen LogP contribution in [0.2, 0.25) is 0 Å². The molecule has 3 heterocycles. The molecule has 0 N–H and O–H groups in total. The first-order valence-corrected chi connectivity index (χ1v) is 10.6. The number of aryl methyl sites for hydroxylation is 1. The van der Waals surface area contributed by atoms with Crippen LogP contribution in [0.4, 0.5) is 0 Å². The van der Waals surface area contributed by atoms with Crippen LogP contribution in [-0.4, -0.2) is 45.2 Å². The van der Waals surface area contributed by atoms with Crippen LogP contribution < -0.4 is 0 Å². The molecule has 1 amide bonds. The van der Waals surface area contributed by atoms with Gasteiger partial charge in [0.1, 0.15) is 0 Å². The van der Waals surface area contributed by atoms with Gasteiger partial charge in [-0.2, -0.15) is 5.10 Å². The summed E-state index contributed by atoms with van der Waals surface area (Å²) in [5, 5.41) is 4.34. The predicted molar refractivity (Wildman–Crippen MR) is 109 cm³/mol. The fourth-order valence-corrected chi connectivity index (χ4v) is 5.32. The summed E-state index contributed by atoms with van der Waals surface area (Å²) < 4.78 is 7.38. The van der Waals surface area contributed by atoms with Gasteiger partial charge in [-0.25, -0.2) is 0 Å². The summed E-state index contributed by atoms with van der Waals surface area (Å²) in [6.07, 6.45) is 4.71. The molecule has 4 rings (SSSR count). The standard InChI is InChI=1S/C23H29N3O3/c1-4-25-16(3)19(15-24-25)21(27)26-18-11-12-20(26)23(14-18,22(28)29-5-2)13-17-9-7-6-8-10-17/h6-10,15,18,20H,4-5,11-14H2,1-3H3/t18-,20+,23+/m1/s1. The second-order valence-corrected chi connectivity index (χ2v) is 8.16. The highest BCUT2D eigenvalue weighted by Gasteiger charge is 2.62. The van der Waals surface area contributed by atoms with Gasteiger partial charge < -0.3 is 9.64 Å². The van der Waals surface area contributed by atoms with Gasteiger partial charge in [0.15, 0.2) is 0 Å². The van der Waals surface area contributed by atoms with E-state index in [0.29, 0.717) is 25.0 Å². The Labute approximate surface area is 171 Å². The summed E-state index contributed by atoms with van der Waals surface area (Å²) in [5.41, 5.74) is 1.96. The Morgan fingerprint density at radius 2 is 1.97 bits per heavy atom. The topological polar surface area (TPSA) is 64.4 Å². The van der Waals surface area contributed by atoms with Crippen LogP contribution in [0.15, 0.2) is 36.5 Å². The van der Waals surface area contributed by atoms with Crippen molar-refractivity contribution in [2.24, 2.45) is 5.41 Å². The minimum Gasteiger partial charge on any atom is -0.465 e. The lowest BCUT2D eigenvalue weighted by Crippen LogP contribution is -2.47. The molecule has 1 aromatic carbocycles. The molecular formula is C23H29N3O3. The first kappa shape index (κ1) is 19.7. The number of hydrogen-bond donors (Lipinski definition) is 0. The Hall–Kier alpha value is -2.63. The van der Waals surface area contributed by atoms with E-state index in [1.165, 1.54) is 0 Å². The summed E-state index contributed by atoms with van der Waals surface area (Å²) in [6.45, 7) is 6.87. The molecule has 29 heavy (non-hydrogen) atoms. The molecule has 0 spiro atoms. The third kappa shape index (κ3) is 3.15. The monoisotopic (exact) mass is 395 g/mol. The molecule has 2 aliphatic rings. The van der Waals surface area contributed by atoms with Crippen molar-refractivity contribution < 1.29 is 14.3 Å². The fourth-order valence-electron chi connectivity index (χ4n) is 5.32. The fraction of sp³-hybridized carbons (Fsp3) is 0.522. The Bertz CT molecular complexity index is 907. The van der Waals surface area contributed by atoms with E-state index in [1.807, 2.05) is 48.6 Å². The van der Waals surface area contributed by atoms with Gasteiger partial charge in [0.2, 0.25) is 0 Å². The average Bonchev–Trinajstić information content (AvgIpc) is 3.40. The van der Waals surface area contributed by atoms with Crippen LogP contribution >= 0.6 is 0 Å². The van der Waals surface area contributed by atoms with Crippen molar-refractivity contribution in [3.8, 4) is 0 Å². The SMILES string of the molecule is CCOC(=O)[C@@]1(Cc2ccccc2)C[C@H]2CC[C@@H]1N2C(=O)c1cnn(CC)c1C. The van der Waals surface area contributed by atoms with Crippen molar-refractivity contribution in [1.82, 2.24) is 14.7 Å². The van der Waals surface area contributed by atoms with Gasteiger partial charge in [0.05, 0.1) is 23.8 Å². The van der Waals surface area contributed by atoms with Crippen molar-refractivity contribution in [2.45, 2.75) is 65.1 Å². The quantitative estimate of drug-likeness (QED) is 0.704. The van der Waals surface area contributed by atoms with Gasteiger partial charge in [0.25, 0.3) is 5.91 Å². The molecule has 0 aliphatic carbocycles. The Balaban J connectivity index is 1.69. The number of carbonyl (C=O) groups excluding carboxylic acids is 2. The maximum absolute atomic E-state index is 13.5. The Morgan fingerprint density at radius 1 is 1.21 bits per heavy atom. The molecule has 2 aromatic rings. The molecule has 2 bridgehead atoms. The number of benzene rings is 1. The zero-order valence-electron chi connectivity index (χ0n) is 17.4. The molecule has 6 heteroatoms. The number of fused-ring (bicyclic) bond motifs is 2. The predicted octanol–water partition coefficient (Wildman–Crippen LogP) is 3.38. The highest BCUT2D eigenvalue weighted by molar-refractivity contribution is 5.97. The molecule has 2 fully saturated rings.